The number of aromatic nitrogens is 1. The topological polar surface area (TPSA) is 63.2 Å². The molecule has 0 radical (unpaired) electrons. The van der Waals surface area contributed by atoms with Gasteiger partial charge in [0.15, 0.2) is 5.13 Å². The van der Waals surface area contributed by atoms with Crippen LogP contribution in [0.1, 0.15) is 12.8 Å². The Labute approximate surface area is 125 Å². The Kier molecular flexibility index (Phi) is 4.05. The van der Waals surface area contributed by atoms with E-state index in [4.69, 9.17) is 16.3 Å². The van der Waals surface area contributed by atoms with Crippen molar-refractivity contribution in [1.29, 1.82) is 0 Å². The van der Waals surface area contributed by atoms with Gasteiger partial charge in [-0.3, -0.25) is 5.32 Å². The molecule has 0 saturated carbocycles. The van der Waals surface area contributed by atoms with Gasteiger partial charge in [0.2, 0.25) is 0 Å². The highest BCUT2D eigenvalue weighted by molar-refractivity contribution is 7.22. The molecule has 7 heteroatoms. The van der Waals surface area contributed by atoms with E-state index in [2.05, 4.69) is 15.6 Å². The van der Waals surface area contributed by atoms with E-state index < -0.39 is 0 Å². The summed E-state index contributed by atoms with van der Waals surface area (Å²) in [6.07, 6.45) is 2.20. The summed E-state index contributed by atoms with van der Waals surface area (Å²) in [5.74, 6) is 0. The fraction of sp³-hybridized carbons (Fsp3) is 0.385. The van der Waals surface area contributed by atoms with Crippen LogP contribution in [0.3, 0.4) is 0 Å². The van der Waals surface area contributed by atoms with Crippen molar-refractivity contribution in [3.63, 3.8) is 0 Å². The lowest BCUT2D eigenvalue weighted by molar-refractivity contribution is 0.112. The highest BCUT2D eigenvalue weighted by atomic mass is 35.5. The molecule has 1 atom stereocenters. The van der Waals surface area contributed by atoms with Crippen molar-refractivity contribution in [2.75, 3.05) is 18.5 Å². The number of ether oxygens (including phenoxy) is 1. The molecule has 5 nitrogen and oxygen atoms in total. The van der Waals surface area contributed by atoms with Gasteiger partial charge in [0, 0.05) is 18.2 Å². The third kappa shape index (κ3) is 3.20. The summed E-state index contributed by atoms with van der Waals surface area (Å²) in [5, 5.41) is 6.75. The van der Waals surface area contributed by atoms with Crippen LogP contribution < -0.4 is 10.6 Å². The summed E-state index contributed by atoms with van der Waals surface area (Å²) in [4.78, 5) is 16.1. The molecule has 1 aliphatic rings. The molecule has 1 aliphatic heterocycles. The summed E-state index contributed by atoms with van der Waals surface area (Å²) in [6.45, 7) is 1.31. The minimum atomic E-state index is -0.259. The number of hydrogen-bond donors (Lipinski definition) is 2. The van der Waals surface area contributed by atoms with Crippen LogP contribution >= 0.6 is 22.9 Å². The lowest BCUT2D eigenvalue weighted by atomic mass is 10.2. The Morgan fingerprint density at radius 2 is 2.45 bits per heavy atom. The maximum Gasteiger partial charge on any atom is 0.321 e. The van der Waals surface area contributed by atoms with Gasteiger partial charge in [-0.05, 0) is 31.0 Å². The summed E-state index contributed by atoms with van der Waals surface area (Å²) in [7, 11) is 0. The van der Waals surface area contributed by atoms with Gasteiger partial charge in [0.1, 0.15) is 0 Å². The molecule has 20 heavy (non-hydrogen) atoms. The highest BCUT2D eigenvalue weighted by Gasteiger charge is 2.16. The summed E-state index contributed by atoms with van der Waals surface area (Å²) < 4.78 is 6.40. The van der Waals surface area contributed by atoms with Crippen molar-refractivity contribution in [1.82, 2.24) is 10.3 Å². The standard InChI is InChI=1S/C13H14ClN3O2S/c14-8-3-4-10-11(6-8)20-13(16-10)17-12(18)15-7-9-2-1-5-19-9/h3-4,6,9H,1-2,5,7H2,(H2,15,16,17,18). The molecule has 0 bridgehead atoms. The second-order valence-electron chi connectivity index (χ2n) is 4.60. The molecule has 0 aliphatic carbocycles. The quantitative estimate of drug-likeness (QED) is 0.914. The number of anilines is 1. The molecular formula is C13H14ClN3O2S. The predicted molar refractivity (Wildman–Crippen MR) is 80.6 cm³/mol. The van der Waals surface area contributed by atoms with Crippen LogP contribution in [0.2, 0.25) is 5.02 Å². The van der Waals surface area contributed by atoms with Crippen LogP contribution in [0.15, 0.2) is 18.2 Å². The fourth-order valence-electron chi connectivity index (χ4n) is 2.11. The highest BCUT2D eigenvalue weighted by Crippen LogP contribution is 2.28. The Morgan fingerprint density at radius 3 is 3.25 bits per heavy atom. The van der Waals surface area contributed by atoms with Crippen molar-refractivity contribution in [2.24, 2.45) is 0 Å². The Hall–Kier alpha value is -1.37. The van der Waals surface area contributed by atoms with Gasteiger partial charge in [-0.15, -0.1) is 0 Å². The minimum Gasteiger partial charge on any atom is -0.376 e. The van der Waals surface area contributed by atoms with E-state index in [0.717, 1.165) is 29.7 Å². The van der Waals surface area contributed by atoms with E-state index in [1.807, 2.05) is 12.1 Å². The van der Waals surface area contributed by atoms with Crippen molar-refractivity contribution in [3.8, 4) is 0 Å². The minimum absolute atomic E-state index is 0.134. The molecule has 0 spiro atoms. The third-order valence-corrected chi connectivity index (χ3v) is 4.25. The van der Waals surface area contributed by atoms with E-state index in [1.165, 1.54) is 11.3 Å². The first kappa shape index (κ1) is 13.6. The Bertz CT molecular complexity index is 625. The summed E-state index contributed by atoms with van der Waals surface area (Å²) in [6, 6.07) is 5.20. The normalized spacial score (nSPS) is 18.4. The fourth-order valence-corrected chi connectivity index (χ4v) is 3.24. The van der Waals surface area contributed by atoms with Gasteiger partial charge < -0.3 is 10.1 Å². The smallest absolute Gasteiger partial charge is 0.321 e. The SMILES string of the molecule is O=C(NCC1CCCO1)Nc1nc2ccc(Cl)cc2s1. The van der Waals surface area contributed by atoms with Crippen molar-refractivity contribution in [3.05, 3.63) is 23.2 Å². The van der Waals surface area contributed by atoms with Gasteiger partial charge in [0.25, 0.3) is 0 Å². The zero-order chi connectivity index (χ0) is 13.9. The number of nitrogens with one attached hydrogen (secondary N) is 2. The van der Waals surface area contributed by atoms with E-state index in [1.54, 1.807) is 6.07 Å². The van der Waals surface area contributed by atoms with Gasteiger partial charge in [0.05, 0.1) is 16.3 Å². The van der Waals surface area contributed by atoms with Crippen molar-refractivity contribution >= 4 is 44.3 Å². The number of rotatable bonds is 3. The molecule has 2 amide bonds. The average molecular weight is 312 g/mol. The van der Waals surface area contributed by atoms with E-state index in [9.17, 15) is 4.79 Å². The monoisotopic (exact) mass is 311 g/mol. The molecule has 1 aromatic carbocycles. The van der Waals surface area contributed by atoms with Gasteiger partial charge in [-0.25, -0.2) is 9.78 Å². The molecule has 1 unspecified atom stereocenters. The summed E-state index contributed by atoms with van der Waals surface area (Å²) >= 11 is 7.32. The van der Waals surface area contributed by atoms with Crippen LogP contribution in [0.5, 0.6) is 0 Å². The number of fused-ring (bicyclic) bond motifs is 1. The molecule has 2 N–H and O–H groups in total. The number of thiazole rings is 1. The van der Waals surface area contributed by atoms with Gasteiger partial charge >= 0.3 is 6.03 Å². The average Bonchev–Trinajstić information content (AvgIpc) is 3.04. The zero-order valence-electron chi connectivity index (χ0n) is 10.7. The predicted octanol–water partition coefficient (Wildman–Crippen LogP) is 3.25. The number of amides is 2. The van der Waals surface area contributed by atoms with Crippen LogP contribution in [0.25, 0.3) is 10.2 Å². The van der Waals surface area contributed by atoms with E-state index in [0.29, 0.717) is 16.7 Å². The number of hydrogen-bond acceptors (Lipinski definition) is 4. The molecule has 106 valence electrons. The lowest BCUT2D eigenvalue weighted by Gasteiger charge is -2.10. The molecule has 3 rings (SSSR count). The number of urea groups is 1. The Morgan fingerprint density at radius 1 is 1.55 bits per heavy atom. The Balaban J connectivity index is 1.59. The van der Waals surface area contributed by atoms with Gasteiger partial charge in [-0.2, -0.15) is 0 Å². The van der Waals surface area contributed by atoms with Crippen LogP contribution in [-0.2, 0) is 4.74 Å². The number of carbonyl (C=O) groups excluding carboxylic acids is 1. The molecule has 2 aromatic rings. The maximum absolute atomic E-state index is 11.8. The zero-order valence-corrected chi connectivity index (χ0v) is 12.3. The first-order chi connectivity index (χ1) is 9.70. The molecule has 1 fully saturated rings. The second-order valence-corrected chi connectivity index (χ2v) is 6.07. The first-order valence-corrected chi connectivity index (χ1v) is 7.63. The number of nitrogens with zero attached hydrogens (tertiary/aromatic N) is 1. The molecule has 1 saturated heterocycles. The van der Waals surface area contributed by atoms with Crippen molar-refractivity contribution in [2.45, 2.75) is 18.9 Å². The van der Waals surface area contributed by atoms with Crippen molar-refractivity contribution < 1.29 is 9.53 Å². The number of benzene rings is 1. The molecule has 1 aromatic heterocycles. The number of carbonyl (C=O) groups is 1. The van der Waals surface area contributed by atoms with Crippen LogP contribution in [0.4, 0.5) is 9.93 Å². The number of halogens is 1. The third-order valence-electron chi connectivity index (χ3n) is 3.09. The van der Waals surface area contributed by atoms with Crippen LogP contribution in [0, 0.1) is 0 Å². The lowest BCUT2D eigenvalue weighted by Crippen LogP contribution is -2.34. The molecular weight excluding hydrogens is 298 g/mol. The van der Waals surface area contributed by atoms with E-state index >= 15 is 0 Å². The van der Waals surface area contributed by atoms with E-state index in [-0.39, 0.29) is 12.1 Å². The first-order valence-electron chi connectivity index (χ1n) is 6.43. The second kappa shape index (κ2) is 5.95. The summed E-state index contributed by atoms with van der Waals surface area (Å²) in [5.41, 5.74) is 0.828. The van der Waals surface area contributed by atoms with Crippen LogP contribution in [-0.4, -0.2) is 30.3 Å². The van der Waals surface area contributed by atoms with Gasteiger partial charge in [-0.1, -0.05) is 22.9 Å². The largest absolute Gasteiger partial charge is 0.376 e. The molecule has 2 heterocycles. The maximum atomic E-state index is 11.8.